The zero-order chi connectivity index (χ0) is 31.6. The summed E-state index contributed by atoms with van der Waals surface area (Å²) in [5, 5.41) is -0.895. The summed E-state index contributed by atoms with van der Waals surface area (Å²) in [6.07, 6.45) is 4.46. The molecule has 0 fully saturated rings. The van der Waals surface area contributed by atoms with Crippen LogP contribution < -0.4 is 0 Å². The fraction of sp³-hybridized carbons (Fsp3) is 0.385. The van der Waals surface area contributed by atoms with Gasteiger partial charge < -0.3 is 0 Å². The number of amides is 8. The first kappa shape index (κ1) is 32.9. The van der Waals surface area contributed by atoms with Gasteiger partial charge in [0.15, 0.2) is 0 Å². The van der Waals surface area contributed by atoms with Crippen molar-refractivity contribution in [2.45, 2.75) is 12.8 Å². The standard InChI is InChI=1S/C26H22Cl4N4O8S/c27-15-5-19(35)31(23(15)39)3-1-13(9-33-21(37)7-17(29)25(33)41)11-43-12-14(10-34-22(38)8-18(30)26(34)42)2-4-32-20(36)6-16(28)24(32)40/h5-8,13-14H,1-4,9-12H2. The highest BCUT2D eigenvalue weighted by atomic mass is 35.5. The highest BCUT2D eigenvalue weighted by molar-refractivity contribution is 7.99. The lowest BCUT2D eigenvalue weighted by Crippen LogP contribution is -2.39. The minimum absolute atomic E-state index is 0.0235. The van der Waals surface area contributed by atoms with Crippen LogP contribution in [0.5, 0.6) is 0 Å². The first-order chi connectivity index (χ1) is 20.3. The number of halogens is 4. The maximum atomic E-state index is 12.4. The van der Waals surface area contributed by atoms with Crippen molar-refractivity contribution >= 4 is 105 Å². The molecule has 2 unspecified atom stereocenters. The van der Waals surface area contributed by atoms with Crippen molar-refractivity contribution in [1.29, 1.82) is 0 Å². The Morgan fingerprint density at radius 1 is 0.488 bits per heavy atom. The summed E-state index contributed by atoms with van der Waals surface area (Å²) in [7, 11) is 0. The zero-order valence-electron chi connectivity index (χ0n) is 22.1. The van der Waals surface area contributed by atoms with Crippen molar-refractivity contribution in [2.24, 2.45) is 11.8 Å². The van der Waals surface area contributed by atoms with Crippen LogP contribution in [0, 0.1) is 11.8 Å². The van der Waals surface area contributed by atoms with Crippen LogP contribution in [0.2, 0.25) is 0 Å². The second-order valence-corrected chi connectivity index (χ2v) is 12.6. The van der Waals surface area contributed by atoms with E-state index in [1.165, 1.54) is 11.8 Å². The predicted molar refractivity (Wildman–Crippen MR) is 156 cm³/mol. The first-order valence-electron chi connectivity index (χ1n) is 12.8. The van der Waals surface area contributed by atoms with E-state index >= 15 is 0 Å². The SMILES string of the molecule is O=C1C=C(Cl)C(=O)N1CCC(CSCC(CCN1C(=O)C=C(Cl)C1=O)CN1C(=O)C=C(Cl)C1=O)CN1C(=O)C=C(Cl)C1=O. The maximum Gasteiger partial charge on any atom is 0.272 e. The Bertz CT molecular complexity index is 1350. The van der Waals surface area contributed by atoms with Gasteiger partial charge in [0, 0.05) is 50.5 Å². The van der Waals surface area contributed by atoms with E-state index in [4.69, 9.17) is 46.4 Å². The van der Waals surface area contributed by atoms with Gasteiger partial charge in [0.25, 0.3) is 47.3 Å². The number of thioether (sulfide) groups is 1. The van der Waals surface area contributed by atoms with Crippen LogP contribution in [0.4, 0.5) is 0 Å². The smallest absolute Gasteiger partial charge is 0.272 e. The molecule has 0 saturated carbocycles. The van der Waals surface area contributed by atoms with Gasteiger partial charge in [-0.05, 0) is 36.2 Å². The number of carbonyl (C=O) groups is 8. The highest BCUT2D eigenvalue weighted by Gasteiger charge is 2.36. The van der Waals surface area contributed by atoms with Gasteiger partial charge in [-0.15, -0.1) is 0 Å². The van der Waals surface area contributed by atoms with Gasteiger partial charge in [0.05, 0.1) is 0 Å². The molecule has 43 heavy (non-hydrogen) atoms. The van der Waals surface area contributed by atoms with E-state index in [9.17, 15) is 38.4 Å². The molecule has 0 aromatic carbocycles. The van der Waals surface area contributed by atoms with Crippen molar-refractivity contribution in [3.05, 3.63) is 44.4 Å². The molecule has 0 saturated heterocycles. The molecule has 4 aliphatic heterocycles. The summed E-state index contributed by atoms with van der Waals surface area (Å²) in [6, 6.07) is 0. The van der Waals surface area contributed by atoms with E-state index in [1.54, 1.807) is 0 Å². The van der Waals surface area contributed by atoms with Gasteiger partial charge in [-0.1, -0.05) is 46.4 Å². The van der Waals surface area contributed by atoms with Crippen LogP contribution in [0.25, 0.3) is 0 Å². The fourth-order valence-electron chi connectivity index (χ4n) is 4.67. The van der Waals surface area contributed by atoms with Gasteiger partial charge in [0.1, 0.15) is 20.1 Å². The average Bonchev–Trinajstić information content (AvgIpc) is 3.53. The molecular formula is C26H22Cl4N4O8S. The second kappa shape index (κ2) is 13.8. The van der Waals surface area contributed by atoms with Crippen LogP contribution in [0.3, 0.4) is 0 Å². The summed E-state index contributed by atoms with van der Waals surface area (Å²) in [5.74, 6) is -5.16. The van der Waals surface area contributed by atoms with Crippen molar-refractivity contribution in [3.63, 3.8) is 0 Å². The van der Waals surface area contributed by atoms with Gasteiger partial charge in [0.2, 0.25) is 0 Å². The lowest BCUT2D eigenvalue weighted by atomic mass is 10.1. The third-order valence-corrected chi connectivity index (χ3v) is 9.47. The number of rotatable bonds is 14. The van der Waals surface area contributed by atoms with E-state index in [-0.39, 0.29) is 59.1 Å². The van der Waals surface area contributed by atoms with Crippen LogP contribution >= 0.6 is 58.2 Å². The molecule has 0 aromatic rings. The van der Waals surface area contributed by atoms with E-state index in [0.717, 1.165) is 43.9 Å². The molecule has 228 valence electrons. The Balaban J connectivity index is 1.42. The van der Waals surface area contributed by atoms with Crippen LogP contribution in [-0.4, -0.2) is 105 Å². The molecule has 0 N–H and O–H groups in total. The molecule has 0 aliphatic carbocycles. The van der Waals surface area contributed by atoms with Crippen LogP contribution in [0.15, 0.2) is 44.4 Å². The quantitative estimate of drug-likeness (QED) is 0.248. The van der Waals surface area contributed by atoms with E-state index < -0.39 is 59.1 Å². The lowest BCUT2D eigenvalue weighted by molar-refractivity contribution is -0.140. The Morgan fingerprint density at radius 3 is 1.02 bits per heavy atom. The maximum absolute atomic E-state index is 12.4. The zero-order valence-corrected chi connectivity index (χ0v) is 25.9. The van der Waals surface area contributed by atoms with Gasteiger partial charge >= 0.3 is 0 Å². The Morgan fingerprint density at radius 2 is 0.767 bits per heavy atom. The van der Waals surface area contributed by atoms with E-state index in [2.05, 4.69) is 0 Å². The molecule has 17 heteroatoms. The van der Waals surface area contributed by atoms with Gasteiger partial charge in [-0.2, -0.15) is 11.8 Å². The highest BCUT2D eigenvalue weighted by Crippen LogP contribution is 2.27. The predicted octanol–water partition coefficient (Wildman–Crippen LogP) is 1.70. The first-order valence-corrected chi connectivity index (χ1v) is 15.4. The average molecular weight is 692 g/mol. The van der Waals surface area contributed by atoms with Crippen molar-refractivity contribution in [2.75, 3.05) is 37.7 Å². The molecule has 4 rings (SSSR count). The monoisotopic (exact) mass is 690 g/mol. The number of hydrogen-bond donors (Lipinski definition) is 0. The second-order valence-electron chi connectivity index (χ2n) is 9.91. The number of carbonyl (C=O) groups excluding carboxylic acids is 8. The Hall–Kier alpha value is -2.97. The number of hydrogen-bond acceptors (Lipinski definition) is 9. The lowest BCUT2D eigenvalue weighted by Gasteiger charge is -2.27. The fourth-order valence-corrected chi connectivity index (χ4v) is 6.80. The van der Waals surface area contributed by atoms with Gasteiger partial charge in [-0.25, -0.2) is 0 Å². The molecule has 0 radical (unpaired) electrons. The molecule has 0 aromatic heterocycles. The normalized spacial score (nSPS) is 20.6. The Labute approximate surface area is 269 Å². The molecule has 0 bridgehead atoms. The van der Waals surface area contributed by atoms with Gasteiger partial charge in [-0.3, -0.25) is 58.0 Å². The van der Waals surface area contributed by atoms with E-state index in [1.807, 2.05) is 0 Å². The minimum Gasteiger partial charge on any atom is -0.274 e. The molecule has 8 amide bonds. The van der Waals surface area contributed by atoms with Crippen molar-refractivity contribution < 1.29 is 38.4 Å². The third kappa shape index (κ3) is 7.40. The minimum atomic E-state index is -0.666. The van der Waals surface area contributed by atoms with E-state index in [0.29, 0.717) is 11.5 Å². The summed E-state index contributed by atoms with van der Waals surface area (Å²) in [5.41, 5.74) is 0. The topological polar surface area (TPSA) is 150 Å². The molecular weight excluding hydrogens is 670 g/mol. The molecule has 4 heterocycles. The molecule has 12 nitrogen and oxygen atoms in total. The summed E-state index contributed by atoms with van der Waals surface area (Å²) in [6.45, 7) is -0.152. The van der Waals surface area contributed by atoms with Crippen molar-refractivity contribution in [1.82, 2.24) is 19.6 Å². The Kier molecular flexibility index (Phi) is 10.5. The summed E-state index contributed by atoms with van der Waals surface area (Å²) >= 11 is 24.6. The molecule has 2 atom stereocenters. The molecule has 4 aliphatic rings. The largest absolute Gasteiger partial charge is 0.274 e. The van der Waals surface area contributed by atoms with Crippen molar-refractivity contribution in [3.8, 4) is 0 Å². The summed E-state index contributed by atoms with van der Waals surface area (Å²) in [4.78, 5) is 102. The molecule has 0 spiro atoms. The number of nitrogens with zero attached hydrogens (tertiary/aromatic N) is 4. The van der Waals surface area contributed by atoms with Crippen LogP contribution in [0.1, 0.15) is 12.8 Å². The summed E-state index contributed by atoms with van der Waals surface area (Å²) < 4.78 is 0. The number of imide groups is 4. The van der Waals surface area contributed by atoms with Crippen LogP contribution in [-0.2, 0) is 38.4 Å². The third-order valence-electron chi connectivity index (χ3n) is 6.97.